The maximum absolute atomic E-state index is 4.65. The first-order valence-corrected chi connectivity index (χ1v) is 7.56. The first-order chi connectivity index (χ1) is 10.1. The largest absolute Gasteiger partial charge is 0.350 e. The van der Waals surface area contributed by atoms with Gasteiger partial charge in [0.2, 0.25) is 0 Å². The summed E-state index contributed by atoms with van der Waals surface area (Å²) >= 11 is 0. The first-order valence-electron chi connectivity index (χ1n) is 7.56. The molecule has 0 saturated carbocycles. The molecular weight excluding hydrogens is 258 g/mol. The Morgan fingerprint density at radius 1 is 1.05 bits per heavy atom. The van der Waals surface area contributed by atoms with Gasteiger partial charge in [-0.15, -0.1) is 0 Å². The topological polar surface area (TPSA) is 28.2 Å². The molecule has 2 rings (SSSR count). The zero-order chi connectivity index (χ0) is 15.2. The lowest BCUT2D eigenvalue weighted by Gasteiger charge is -2.31. The Bertz CT molecular complexity index is 551. The molecule has 1 aromatic carbocycles. The van der Waals surface area contributed by atoms with E-state index in [1.807, 2.05) is 19.3 Å². The lowest BCUT2D eigenvalue weighted by molar-refractivity contribution is 0.623. The van der Waals surface area contributed by atoms with E-state index in [0.29, 0.717) is 6.04 Å². The number of hydrogen-bond donors (Lipinski definition) is 1. The van der Waals surface area contributed by atoms with E-state index in [2.05, 4.69) is 72.4 Å². The molecule has 1 atom stereocenters. The summed E-state index contributed by atoms with van der Waals surface area (Å²) in [4.78, 5) is 7.01. The monoisotopic (exact) mass is 283 g/mol. The molecule has 0 radical (unpaired) electrons. The summed E-state index contributed by atoms with van der Waals surface area (Å²) in [5.41, 5.74) is 2.55. The van der Waals surface area contributed by atoms with Crippen LogP contribution in [0.3, 0.4) is 0 Å². The highest BCUT2D eigenvalue weighted by Crippen LogP contribution is 2.26. The molecule has 0 saturated heterocycles. The van der Waals surface area contributed by atoms with Crippen LogP contribution in [0, 0.1) is 0 Å². The van der Waals surface area contributed by atoms with Crippen molar-refractivity contribution in [2.45, 2.75) is 39.4 Å². The maximum Gasteiger partial charge on any atom is 0.133 e. The molecule has 1 N–H and O–H groups in total. The lowest BCUT2D eigenvalue weighted by Crippen LogP contribution is -2.32. The third-order valence-corrected chi connectivity index (χ3v) is 3.81. The van der Waals surface area contributed by atoms with Gasteiger partial charge < -0.3 is 10.2 Å². The summed E-state index contributed by atoms with van der Waals surface area (Å²) in [6.07, 6.45) is 1.88. The van der Waals surface area contributed by atoms with Crippen molar-refractivity contribution in [3.63, 3.8) is 0 Å². The highest BCUT2D eigenvalue weighted by atomic mass is 15.2. The van der Waals surface area contributed by atoms with Gasteiger partial charge in [0.15, 0.2) is 0 Å². The average Bonchev–Trinajstić information content (AvgIpc) is 2.52. The van der Waals surface area contributed by atoms with Gasteiger partial charge in [-0.1, -0.05) is 36.4 Å². The smallest absolute Gasteiger partial charge is 0.133 e. The van der Waals surface area contributed by atoms with Gasteiger partial charge >= 0.3 is 0 Å². The number of benzene rings is 1. The minimum Gasteiger partial charge on any atom is -0.350 e. The van der Waals surface area contributed by atoms with E-state index in [4.69, 9.17) is 0 Å². The summed E-state index contributed by atoms with van der Waals surface area (Å²) in [7, 11) is 1.98. The highest BCUT2D eigenvalue weighted by molar-refractivity contribution is 5.49. The van der Waals surface area contributed by atoms with Gasteiger partial charge in [0.1, 0.15) is 5.82 Å². The number of rotatable bonds is 6. The van der Waals surface area contributed by atoms with E-state index in [1.165, 1.54) is 11.1 Å². The number of hydrogen-bond acceptors (Lipinski definition) is 3. The van der Waals surface area contributed by atoms with Crippen molar-refractivity contribution >= 4 is 5.82 Å². The standard InChI is InChI=1S/C18H25N3/c1-14(2)21(13-16-9-6-5-7-10-16)18-17(15(3)19-4)11-8-12-20-18/h5-12,14-15,19H,13H2,1-4H3. The molecule has 1 heterocycles. The van der Waals surface area contributed by atoms with Gasteiger partial charge in [-0.25, -0.2) is 4.98 Å². The van der Waals surface area contributed by atoms with Crippen molar-refractivity contribution in [1.29, 1.82) is 0 Å². The van der Waals surface area contributed by atoms with E-state index < -0.39 is 0 Å². The van der Waals surface area contributed by atoms with E-state index in [0.717, 1.165) is 12.4 Å². The van der Waals surface area contributed by atoms with Crippen LogP contribution >= 0.6 is 0 Å². The molecule has 0 aliphatic rings. The van der Waals surface area contributed by atoms with E-state index in [-0.39, 0.29) is 6.04 Å². The number of aromatic nitrogens is 1. The summed E-state index contributed by atoms with van der Waals surface area (Å²) in [6.45, 7) is 7.47. The zero-order valence-corrected chi connectivity index (χ0v) is 13.4. The average molecular weight is 283 g/mol. The molecule has 0 spiro atoms. The summed E-state index contributed by atoms with van der Waals surface area (Å²) in [6, 6.07) is 15.4. The van der Waals surface area contributed by atoms with Crippen LogP contribution < -0.4 is 10.2 Å². The molecule has 0 fully saturated rings. The van der Waals surface area contributed by atoms with Gasteiger partial charge in [-0.2, -0.15) is 0 Å². The number of nitrogens with one attached hydrogen (secondary N) is 1. The molecule has 0 aliphatic carbocycles. The number of anilines is 1. The Morgan fingerprint density at radius 2 is 1.76 bits per heavy atom. The first kappa shape index (κ1) is 15.5. The molecule has 3 nitrogen and oxygen atoms in total. The molecule has 112 valence electrons. The molecule has 0 amide bonds. The highest BCUT2D eigenvalue weighted by Gasteiger charge is 2.18. The Kier molecular flexibility index (Phi) is 5.34. The second kappa shape index (κ2) is 7.23. The Balaban J connectivity index is 2.35. The molecule has 0 aliphatic heterocycles. The Morgan fingerprint density at radius 3 is 2.38 bits per heavy atom. The predicted molar refractivity (Wildman–Crippen MR) is 89.5 cm³/mol. The van der Waals surface area contributed by atoms with Crippen LogP contribution in [0.4, 0.5) is 5.82 Å². The van der Waals surface area contributed by atoms with Crippen molar-refractivity contribution in [3.05, 3.63) is 59.8 Å². The third kappa shape index (κ3) is 3.82. The minimum absolute atomic E-state index is 0.283. The number of pyridine rings is 1. The van der Waals surface area contributed by atoms with Crippen LogP contribution in [-0.4, -0.2) is 18.1 Å². The molecule has 2 aromatic rings. The fourth-order valence-electron chi connectivity index (χ4n) is 2.43. The lowest BCUT2D eigenvalue weighted by atomic mass is 10.1. The van der Waals surface area contributed by atoms with Gasteiger partial charge in [-0.3, -0.25) is 0 Å². The minimum atomic E-state index is 0.283. The Labute approximate surface area is 128 Å². The SMILES string of the molecule is CNC(C)c1cccnc1N(Cc1ccccc1)C(C)C. The van der Waals surface area contributed by atoms with Gasteiger partial charge in [0, 0.05) is 30.4 Å². The van der Waals surface area contributed by atoms with Crippen LogP contribution in [0.2, 0.25) is 0 Å². The fraction of sp³-hybridized carbons (Fsp3) is 0.389. The van der Waals surface area contributed by atoms with E-state index in [1.54, 1.807) is 0 Å². The van der Waals surface area contributed by atoms with Crippen LogP contribution in [0.1, 0.15) is 37.9 Å². The third-order valence-electron chi connectivity index (χ3n) is 3.81. The maximum atomic E-state index is 4.65. The van der Waals surface area contributed by atoms with Crippen molar-refractivity contribution in [2.24, 2.45) is 0 Å². The summed E-state index contributed by atoms with van der Waals surface area (Å²) in [5.74, 6) is 1.07. The second-order valence-corrected chi connectivity index (χ2v) is 5.63. The van der Waals surface area contributed by atoms with Crippen molar-refractivity contribution in [2.75, 3.05) is 11.9 Å². The number of nitrogens with zero attached hydrogens (tertiary/aromatic N) is 2. The fourth-order valence-corrected chi connectivity index (χ4v) is 2.43. The van der Waals surface area contributed by atoms with E-state index >= 15 is 0 Å². The Hall–Kier alpha value is -1.87. The normalized spacial score (nSPS) is 12.4. The molecule has 3 heteroatoms. The molecular formula is C18H25N3. The second-order valence-electron chi connectivity index (χ2n) is 5.63. The summed E-state index contributed by atoms with van der Waals surface area (Å²) in [5, 5.41) is 3.31. The molecule has 1 aromatic heterocycles. The van der Waals surface area contributed by atoms with Gasteiger partial charge in [0.05, 0.1) is 0 Å². The molecule has 0 bridgehead atoms. The van der Waals surface area contributed by atoms with Gasteiger partial charge in [-0.05, 0) is 39.4 Å². The van der Waals surface area contributed by atoms with Crippen molar-refractivity contribution in [3.8, 4) is 0 Å². The van der Waals surface area contributed by atoms with Gasteiger partial charge in [0.25, 0.3) is 0 Å². The van der Waals surface area contributed by atoms with Crippen LogP contribution in [0.5, 0.6) is 0 Å². The summed E-state index contributed by atoms with van der Waals surface area (Å²) < 4.78 is 0. The predicted octanol–water partition coefficient (Wildman–Crippen LogP) is 3.78. The van der Waals surface area contributed by atoms with E-state index in [9.17, 15) is 0 Å². The van der Waals surface area contributed by atoms with Crippen LogP contribution in [0.15, 0.2) is 48.7 Å². The van der Waals surface area contributed by atoms with Crippen molar-refractivity contribution in [1.82, 2.24) is 10.3 Å². The van der Waals surface area contributed by atoms with Crippen LogP contribution in [-0.2, 0) is 6.54 Å². The molecule has 21 heavy (non-hydrogen) atoms. The van der Waals surface area contributed by atoms with Crippen LogP contribution in [0.25, 0.3) is 0 Å². The quantitative estimate of drug-likeness (QED) is 0.874. The molecule has 1 unspecified atom stereocenters. The van der Waals surface area contributed by atoms with Crippen molar-refractivity contribution < 1.29 is 0 Å². The zero-order valence-electron chi connectivity index (χ0n) is 13.4.